The van der Waals surface area contributed by atoms with Gasteiger partial charge in [0.05, 0.1) is 17.9 Å². The standard InChI is InChI=1S/C17H30N4O3S.HI/c1-6-19-16(21-13-17(2,3)24-5)20-11-14-8-7-9-15(10-14)12-25(22,23)18-4;/h7-10,18H,6,11-13H2,1-5H3,(H2,19,20,21);1H. The van der Waals surface area contributed by atoms with Gasteiger partial charge in [-0.15, -0.1) is 24.0 Å². The number of methoxy groups -OCH3 is 1. The molecule has 0 aromatic heterocycles. The van der Waals surface area contributed by atoms with E-state index in [2.05, 4.69) is 20.3 Å². The van der Waals surface area contributed by atoms with Crippen LogP contribution in [0.3, 0.4) is 0 Å². The van der Waals surface area contributed by atoms with Crippen molar-refractivity contribution >= 4 is 40.0 Å². The lowest BCUT2D eigenvalue weighted by atomic mass is 10.1. The Labute approximate surface area is 174 Å². The third-order valence-electron chi connectivity index (χ3n) is 3.66. The van der Waals surface area contributed by atoms with Crippen molar-refractivity contribution in [3.63, 3.8) is 0 Å². The lowest BCUT2D eigenvalue weighted by Gasteiger charge is -2.24. The first-order valence-corrected chi connectivity index (χ1v) is 9.93. The zero-order chi connectivity index (χ0) is 18.9. The van der Waals surface area contributed by atoms with Gasteiger partial charge >= 0.3 is 0 Å². The monoisotopic (exact) mass is 498 g/mol. The topological polar surface area (TPSA) is 91.8 Å². The van der Waals surface area contributed by atoms with Crippen LogP contribution in [0.1, 0.15) is 31.9 Å². The first-order chi connectivity index (χ1) is 11.7. The van der Waals surface area contributed by atoms with Gasteiger partial charge in [0.25, 0.3) is 0 Å². The molecule has 3 N–H and O–H groups in total. The highest BCUT2D eigenvalue weighted by molar-refractivity contribution is 14.0. The molecule has 0 amide bonds. The van der Waals surface area contributed by atoms with Crippen LogP contribution < -0.4 is 15.4 Å². The van der Waals surface area contributed by atoms with Crippen LogP contribution in [0.15, 0.2) is 29.3 Å². The lowest BCUT2D eigenvalue weighted by molar-refractivity contribution is 0.0268. The van der Waals surface area contributed by atoms with E-state index in [4.69, 9.17) is 4.74 Å². The maximum absolute atomic E-state index is 11.7. The van der Waals surface area contributed by atoms with Crippen LogP contribution in [0.4, 0.5) is 0 Å². The molecular weight excluding hydrogens is 467 g/mol. The van der Waals surface area contributed by atoms with E-state index in [9.17, 15) is 8.42 Å². The summed E-state index contributed by atoms with van der Waals surface area (Å²) in [5.74, 6) is 0.655. The minimum absolute atomic E-state index is 0. The van der Waals surface area contributed by atoms with Crippen molar-refractivity contribution < 1.29 is 13.2 Å². The quantitative estimate of drug-likeness (QED) is 0.275. The number of nitrogens with zero attached hydrogens (tertiary/aromatic N) is 1. The number of nitrogens with one attached hydrogen (secondary N) is 3. The summed E-state index contributed by atoms with van der Waals surface area (Å²) in [6.07, 6.45) is 0. The number of guanidine groups is 1. The van der Waals surface area contributed by atoms with Gasteiger partial charge < -0.3 is 15.4 Å². The van der Waals surface area contributed by atoms with Crippen molar-refractivity contribution in [1.82, 2.24) is 15.4 Å². The van der Waals surface area contributed by atoms with Crippen molar-refractivity contribution in [1.29, 1.82) is 0 Å². The van der Waals surface area contributed by atoms with Crippen LogP contribution in [0.2, 0.25) is 0 Å². The highest BCUT2D eigenvalue weighted by atomic mass is 127. The summed E-state index contributed by atoms with van der Waals surface area (Å²) in [4.78, 5) is 4.55. The third kappa shape index (κ3) is 9.70. The van der Waals surface area contributed by atoms with Gasteiger partial charge in [-0.3, -0.25) is 0 Å². The zero-order valence-corrected chi connectivity index (χ0v) is 19.3. The smallest absolute Gasteiger partial charge is 0.215 e. The Kier molecular flexibility index (Phi) is 11.3. The molecule has 0 spiro atoms. The molecule has 1 aromatic rings. The van der Waals surface area contributed by atoms with Crippen LogP contribution in [0.5, 0.6) is 0 Å². The van der Waals surface area contributed by atoms with Crippen LogP contribution in [0.25, 0.3) is 0 Å². The van der Waals surface area contributed by atoms with Gasteiger partial charge in [-0.05, 0) is 38.9 Å². The highest BCUT2D eigenvalue weighted by Gasteiger charge is 2.16. The number of halogens is 1. The average molecular weight is 498 g/mol. The number of sulfonamides is 1. The molecule has 0 atom stereocenters. The maximum Gasteiger partial charge on any atom is 0.215 e. The minimum atomic E-state index is -3.28. The number of ether oxygens (including phenoxy) is 1. The Morgan fingerprint density at radius 2 is 1.88 bits per heavy atom. The maximum atomic E-state index is 11.7. The number of rotatable bonds is 9. The summed E-state index contributed by atoms with van der Waals surface area (Å²) in [5.41, 5.74) is 1.39. The predicted molar refractivity (Wildman–Crippen MR) is 117 cm³/mol. The second-order valence-electron chi connectivity index (χ2n) is 6.30. The predicted octanol–water partition coefficient (Wildman–Crippen LogP) is 1.83. The molecule has 0 bridgehead atoms. The number of hydrogen-bond donors (Lipinski definition) is 3. The van der Waals surface area contributed by atoms with Crippen molar-refractivity contribution in [3.8, 4) is 0 Å². The van der Waals surface area contributed by atoms with Gasteiger partial charge in [0.15, 0.2) is 5.96 Å². The second-order valence-corrected chi connectivity index (χ2v) is 8.22. The zero-order valence-electron chi connectivity index (χ0n) is 16.1. The SMILES string of the molecule is CCNC(=NCc1cccc(CS(=O)(=O)NC)c1)NCC(C)(C)OC.I. The Morgan fingerprint density at radius 3 is 2.46 bits per heavy atom. The summed E-state index contributed by atoms with van der Waals surface area (Å²) in [6, 6.07) is 7.44. The summed E-state index contributed by atoms with van der Waals surface area (Å²) >= 11 is 0. The van der Waals surface area contributed by atoms with Crippen LogP contribution in [-0.4, -0.2) is 47.2 Å². The van der Waals surface area contributed by atoms with E-state index in [0.717, 1.165) is 17.7 Å². The molecule has 9 heteroatoms. The van der Waals surface area contributed by atoms with E-state index in [-0.39, 0.29) is 35.3 Å². The molecule has 1 aromatic carbocycles. The summed E-state index contributed by atoms with van der Waals surface area (Å²) in [6.45, 7) is 7.82. The van der Waals surface area contributed by atoms with Gasteiger partial charge in [0.1, 0.15) is 0 Å². The molecule has 0 aliphatic rings. The van der Waals surface area contributed by atoms with Crippen molar-refractivity contribution in [3.05, 3.63) is 35.4 Å². The average Bonchev–Trinajstić information content (AvgIpc) is 2.57. The fraction of sp³-hybridized carbons (Fsp3) is 0.588. The normalized spacial score (nSPS) is 12.4. The summed E-state index contributed by atoms with van der Waals surface area (Å²) in [7, 11) is -0.188. The Morgan fingerprint density at radius 1 is 1.23 bits per heavy atom. The fourth-order valence-electron chi connectivity index (χ4n) is 1.99. The van der Waals surface area contributed by atoms with Gasteiger partial charge in [-0.25, -0.2) is 18.1 Å². The van der Waals surface area contributed by atoms with Crippen molar-refractivity contribution in [2.24, 2.45) is 4.99 Å². The molecule has 0 saturated heterocycles. The minimum Gasteiger partial charge on any atom is -0.377 e. The first kappa shape index (κ1) is 25.1. The number of aliphatic imine (C=N–C) groups is 1. The largest absolute Gasteiger partial charge is 0.377 e. The molecule has 0 radical (unpaired) electrons. The highest BCUT2D eigenvalue weighted by Crippen LogP contribution is 2.10. The molecule has 0 aliphatic carbocycles. The molecule has 0 fully saturated rings. The fourth-order valence-corrected chi connectivity index (χ4v) is 2.75. The molecular formula is C17H31IN4O3S. The Balaban J connectivity index is 0.00000625. The van der Waals surface area contributed by atoms with Crippen molar-refractivity contribution in [2.75, 3.05) is 27.2 Å². The molecule has 7 nitrogen and oxygen atoms in total. The van der Waals surface area contributed by atoms with Crippen LogP contribution in [0, 0.1) is 0 Å². The Bertz CT molecular complexity index is 678. The summed E-state index contributed by atoms with van der Waals surface area (Å²) in [5, 5.41) is 6.44. The van der Waals surface area contributed by atoms with E-state index in [1.54, 1.807) is 13.2 Å². The van der Waals surface area contributed by atoms with Gasteiger partial charge in [0.2, 0.25) is 10.0 Å². The number of hydrogen-bond acceptors (Lipinski definition) is 4. The van der Waals surface area contributed by atoms with E-state index in [0.29, 0.717) is 19.0 Å². The van der Waals surface area contributed by atoms with E-state index < -0.39 is 10.0 Å². The van der Waals surface area contributed by atoms with Crippen LogP contribution >= 0.6 is 24.0 Å². The second kappa shape index (κ2) is 11.7. The number of benzene rings is 1. The first-order valence-electron chi connectivity index (χ1n) is 8.27. The van der Waals surface area contributed by atoms with Gasteiger partial charge in [-0.1, -0.05) is 24.3 Å². The Hall–Kier alpha value is -0.910. The molecule has 0 saturated carbocycles. The molecule has 1 rings (SSSR count). The third-order valence-corrected chi connectivity index (χ3v) is 4.99. The van der Waals surface area contributed by atoms with E-state index in [1.807, 2.05) is 39.0 Å². The van der Waals surface area contributed by atoms with Gasteiger partial charge in [-0.2, -0.15) is 0 Å². The summed E-state index contributed by atoms with van der Waals surface area (Å²) < 4.78 is 31.1. The lowest BCUT2D eigenvalue weighted by Crippen LogP contribution is -2.45. The van der Waals surface area contributed by atoms with E-state index in [1.165, 1.54) is 7.05 Å². The molecule has 0 aliphatic heterocycles. The van der Waals surface area contributed by atoms with Gasteiger partial charge in [0, 0.05) is 20.2 Å². The molecule has 0 unspecified atom stereocenters. The molecule has 0 heterocycles. The molecule has 26 heavy (non-hydrogen) atoms. The van der Waals surface area contributed by atoms with Crippen molar-refractivity contribution in [2.45, 2.75) is 38.7 Å². The van der Waals surface area contributed by atoms with E-state index >= 15 is 0 Å². The molecule has 150 valence electrons. The van der Waals surface area contributed by atoms with Crippen LogP contribution in [-0.2, 0) is 27.1 Å².